The van der Waals surface area contributed by atoms with E-state index in [1.807, 2.05) is 32.9 Å². The number of Topliss-reactive ketones (excluding diaryl/α,β-unsaturated/α-hetero) is 1. The number of hydrazine groups is 1. The van der Waals surface area contributed by atoms with Crippen molar-refractivity contribution in [2.24, 2.45) is 11.8 Å². The molecule has 0 radical (unpaired) electrons. The predicted molar refractivity (Wildman–Crippen MR) is 125 cm³/mol. The maximum atomic E-state index is 13.5. The Morgan fingerprint density at radius 3 is 2.24 bits per heavy atom. The molecule has 1 heterocycles. The summed E-state index contributed by atoms with van der Waals surface area (Å²) in [6, 6.07) is 11.4. The topological polar surface area (TPSA) is 74.8 Å². The molecule has 1 fully saturated rings. The monoisotopic (exact) mass is 464 g/mol. The highest BCUT2D eigenvalue weighted by Gasteiger charge is 2.51. The van der Waals surface area contributed by atoms with E-state index in [4.69, 9.17) is 11.6 Å². The van der Waals surface area contributed by atoms with Crippen LogP contribution in [-0.2, 0) is 9.59 Å². The number of fused-ring (bicyclic) bond motifs is 1. The van der Waals surface area contributed by atoms with Gasteiger partial charge < -0.3 is 0 Å². The zero-order valence-corrected chi connectivity index (χ0v) is 19.6. The van der Waals surface area contributed by atoms with Crippen molar-refractivity contribution in [1.82, 2.24) is 10.0 Å². The van der Waals surface area contributed by atoms with Crippen LogP contribution in [0, 0.1) is 25.7 Å². The fourth-order valence-electron chi connectivity index (χ4n) is 4.37. The number of benzene rings is 2. The van der Waals surface area contributed by atoms with Gasteiger partial charge in [-0.3, -0.25) is 19.2 Å². The molecule has 0 aromatic heterocycles. The molecule has 0 unspecified atom stereocenters. The van der Waals surface area contributed by atoms with E-state index in [2.05, 4.69) is 0 Å². The van der Waals surface area contributed by atoms with Crippen molar-refractivity contribution < 1.29 is 19.2 Å². The van der Waals surface area contributed by atoms with E-state index in [1.54, 1.807) is 24.3 Å². The zero-order valence-electron chi connectivity index (χ0n) is 18.8. The van der Waals surface area contributed by atoms with E-state index in [0.717, 1.165) is 26.7 Å². The van der Waals surface area contributed by atoms with Crippen LogP contribution in [0.2, 0.25) is 5.02 Å². The number of hydrogen-bond donors (Lipinski definition) is 0. The van der Waals surface area contributed by atoms with Crippen molar-refractivity contribution in [3.8, 4) is 0 Å². The molecule has 0 saturated carbocycles. The molecule has 2 aromatic carbocycles. The number of carbonyl (C=O) groups is 4. The van der Waals surface area contributed by atoms with E-state index < -0.39 is 36.1 Å². The van der Waals surface area contributed by atoms with Crippen molar-refractivity contribution in [1.29, 1.82) is 0 Å². The van der Waals surface area contributed by atoms with Crippen LogP contribution in [0.4, 0.5) is 0 Å². The highest BCUT2D eigenvalue weighted by atomic mass is 35.5. The Labute approximate surface area is 197 Å². The van der Waals surface area contributed by atoms with Crippen molar-refractivity contribution in [2.75, 3.05) is 6.54 Å². The van der Waals surface area contributed by atoms with Crippen LogP contribution in [0.1, 0.15) is 51.6 Å². The van der Waals surface area contributed by atoms with E-state index in [-0.39, 0.29) is 11.3 Å². The van der Waals surface area contributed by atoms with Crippen LogP contribution < -0.4 is 0 Å². The molecule has 1 aliphatic carbocycles. The van der Waals surface area contributed by atoms with Crippen molar-refractivity contribution in [3.05, 3.63) is 81.4 Å². The third-order valence-electron chi connectivity index (χ3n) is 6.49. The van der Waals surface area contributed by atoms with Crippen LogP contribution in [0.25, 0.3) is 0 Å². The Balaban J connectivity index is 1.70. The minimum Gasteiger partial charge on any atom is -0.292 e. The first-order chi connectivity index (χ1) is 15.7. The number of amides is 3. The van der Waals surface area contributed by atoms with Crippen molar-refractivity contribution in [2.45, 2.75) is 33.6 Å². The minimum absolute atomic E-state index is 0.233. The van der Waals surface area contributed by atoms with E-state index in [1.165, 1.54) is 12.1 Å². The maximum absolute atomic E-state index is 13.5. The summed E-state index contributed by atoms with van der Waals surface area (Å²) >= 11 is 5.95. The third kappa shape index (κ3) is 4.35. The van der Waals surface area contributed by atoms with Gasteiger partial charge in [-0.05, 0) is 75.1 Å². The second kappa shape index (κ2) is 8.94. The molecule has 4 rings (SSSR count). The van der Waals surface area contributed by atoms with Crippen molar-refractivity contribution >= 4 is 35.1 Å². The second-order valence-electron chi connectivity index (χ2n) is 8.78. The molecule has 2 aliphatic rings. The molecule has 1 aliphatic heterocycles. The first kappa shape index (κ1) is 22.9. The highest BCUT2D eigenvalue weighted by Crippen LogP contribution is 2.38. The van der Waals surface area contributed by atoms with Crippen LogP contribution in [0.15, 0.2) is 54.1 Å². The number of rotatable bonds is 5. The number of nitrogens with zero attached hydrogens (tertiary/aromatic N) is 2. The SMILES string of the molecule is CC1=CC[C@@H]2C(=O)N(N(CC(=O)c3ccc(C)c(C)c3)C(=O)c3ccc(Cl)cc3)C(=O)[C@H]2C1. The Kier molecular flexibility index (Phi) is 6.21. The van der Waals surface area contributed by atoms with Crippen LogP contribution >= 0.6 is 11.6 Å². The number of aryl methyl sites for hydroxylation is 2. The third-order valence-corrected chi connectivity index (χ3v) is 6.74. The van der Waals surface area contributed by atoms with Gasteiger partial charge in [0.2, 0.25) is 0 Å². The molecule has 0 bridgehead atoms. The Hall–Kier alpha value is -3.25. The summed E-state index contributed by atoms with van der Waals surface area (Å²) in [5.41, 5.74) is 3.67. The number of carbonyl (C=O) groups excluding carboxylic acids is 4. The lowest BCUT2D eigenvalue weighted by atomic mass is 9.82. The smallest absolute Gasteiger partial charge is 0.273 e. The summed E-state index contributed by atoms with van der Waals surface area (Å²) in [6.07, 6.45) is 2.88. The second-order valence-corrected chi connectivity index (χ2v) is 9.22. The molecule has 0 spiro atoms. The number of halogens is 1. The fraction of sp³-hybridized carbons (Fsp3) is 0.308. The molecule has 3 amide bonds. The molecule has 1 saturated heterocycles. The molecule has 2 atom stereocenters. The van der Waals surface area contributed by atoms with Crippen LogP contribution in [-0.4, -0.2) is 40.1 Å². The summed E-state index contributed by atoms with van der Waals surface area (Å²) in [5.74, 6) is -2.87. The average molecular weight is 465 g/mol. The van der Waals surface area contributed by atoms with E-state index in [0.29, 0.717) is 23.4 Å². The Bertz CT molecular complexity index is 1190. The fourth-order valence-corrected chi connectivity index (χ4v) is 4.50. The number of allylic oxidation sites excluding steroid dienone is 2. The van der Waals surface area contributed by atoms with E-state index in [9.17, 15) is 19.2 Å². The first-order valence-electron chi connectivity index (χ1n) is 10.9. The summed E-state index contributed by atoms with van der Waals surface area (Å²) < 4.78 is 0. The van der Waals surface area contributed by atoms with Gasteiger partial charge in [0.25, 0.3) is 17.7 Å². The number of imide groups is 1. The van der Waals surface area contributed by atoms with Gasteiger partial charge in [0.1, 0.15) is 6.54 Å². The molecule has 170 valence electrons. The van der Waals surface area contributed by atoms with Crippen LogP contribution in [0.5, 0.6) is 0 Å². The average Bonchev–Trinajstić information content (AvgIpc) is 3.03. The molecular formula is C26H25ClN2O4. The van der Waals surface area contributed by atoms with Gasteiger partial charge in [0.05, 0.1) is 11.8 Å². The molecule has 33 heavy (non-hydrogen) atoms. The van der Waals surface area contributed by atoms with Gasteiger partial charge in [-0.25, -0.2) is 5.01 Å². The van der Waals surface area contributed by atoms with Gasteiger partial charge in [-0.1, -0.05) is 35.4 Å². The van der Waals surface area contributed by atoms with Gasteiger partial charge in [0, 0.05) is 16.1 Å². The lowest BCUT2D eigenvalue weighted by Crippen LogP contribution is -2.52. The Morgan fingerprint density at radius 1 is 0.939 bits per heavy atom. The standard InChI is InChI=1S/C26H25ClN2O4/c1-15-4-11-21-22(12-15)26(33)29(25(21)32)28(24(31)18-7-9-20(27)10-8-18)14-23(30)19-6-5-16(2)17(3)13-19/h4-10,13,21-22H,11-12,14H2,1-3H3/t21-,22-/m0/s1. The molecular weight excluding hydrogens is 440 g/mol. The summed E-state index contributed by atoms with van der Waals surface area (Å²) in [4.78, 5) is 53.2. The van der Waals surface area contributed by atoms with Gasteiger partial charge in [0.15, 0.2) is 5.78 Å². The molecule has 0 N–H and O–H groups in total. The molecule has 6 nitrogen and oxygen atoms in total. The van der Waals surface area contributed by atoms with Crippen LogP contribution in [0.3, 0.4) is 0 Å². The van der Waals surface area contributed by atoms with Gasteiger partial charge in [-0.15, -0.1) is 0 Å². The first-order valence-corrected chi connectivity index (χ1v) is 11.3. The minimum atomic E-state index is -0.603. The highest BCUT2D eigenvalue weighted by molar-refractivity contribution is 6.30. The lowest BCUT2D eigenvalue weighted by Gasteiger charge is -2.30. The summed E-state index contributed by atoms with van der Waals surface area (Å²) in [5, 5.41) is 2.35. The largest absolute Gasteiger partial charge is 0.292 e. The zero-order chi connectivity index (χ0) is 23.9. The van der Waals surface area contributed by atoms with Gasteiger partial charge >= 0.3 is 0 Å². The lowest BCUT2D eigenvalue weighted by molar-refractivity contribution is -0.154. The normalized spacial score (nSPS) is 19.9. The predicted octanol–water partition coefficient (Wildman–Crippen LogP) is 4.54. The number of hydrogen-bond acceptors (Lipinski definition) is 4. The van der Waals surface area contributed by atoms with Crippen molar-refractivity contribution in [3.63, 3.8) is 0 Å². The quantitative estimate of drug-likeness (QED) is 0.370. The summed E-state index contributed by atoms with van der Waals surface area (Å²) in [7, 11) is 0. The molecule has 7 heteroatoms. The molecule has 2 aromatic rings. The maximum Gasteiger partial charge on any atom is 0.273 e. The van der Waals surface area contributed by atoms with E-state index >= 15 is 0 Å². The Morgan fingerprint density at radius 2 is 1.58 bits per heavy atom. The summed E-state index contributed by atoms with van der Waals surface area (Å²) in [6.45, 7) is 5.35. The van der Waals surface area contributed by atoms with Gasteiger partial charge in [-0.2, -0.15) is 5.01 Å². The number of ketones is 1.